The van der Waals surface area contributed by atoms with Crippen LogP contribution in [0.3, 0.4) is 0 Å². The molecule has 0 fully saturated rings. The Balaban J connectivity index is 2.22. The van der Waals surface area contributed by atoms with Crippen LogP contribution < -0.4 is 0 Å². The molecule has 2 rings (SSSR count). The topological polar surface area (TPSA) is 16.1 Å². The molecule has 0 aromatic carbocycles. The van der Waals surface area contributed by atoms with E-state index in [1.807, 2.05) is 11.3 Å². The number of aryl methyl sites for hydroxylation is 1. The van der Waals surface area contributed by atoms with Gasteiger partial charge in [-0.3, -0.25) is 4.67 Å². The highest BCUT2D eigenvalue weighted by Gasteiger charge is 2.17. The van der Waals surface area contributed by atoms with Crippen molar-refractivity contribution in [2.24, 2.45) is 0 Å². The Kier molecular flexibility index (Phi) is 2.44. The van der Waals surface area contributed by atoms with Crippen LogP contribution in [0.15, 0.2) is 0 Å². The fourth-order valence-electron chi connectivity index (χ4n) is 1.52. The zero-order valence-corrected chi connectivity index (χ0v) is 9.24. The molecule has 0 bridgehead atoms. The molecule has 0 saturated carbocycles. The van der Waals surface area contributed by atoms with Crippen LogP contribution in [0.1, 0.15) is 15.6 Å². The molecule has 0 spiro atoms. The van der Waals surface area contributed by atoms with Crippen LogP contribution >= 0.6 is 20.1 Å². The van der Waals surface area contributed by atoms with Gasteiger partial charge in [-0.25, -0.2) is 4.98 Å². The third kappa shape index (κ3) is 1.54. The van der Waals surface area contributed by atoms with Crippen molar-refractivity contribution in [1.82, 2.24) is 9.65 Å². The van der Waals surface area contributed by atoms with E-state index in [2.05, 4.69) is 23.2 Å². The van der Waals surface area contributed by atoms with E-state index in [0.717, 1.165) is 21.7 Å². The smallest absolute Gasteiger partial charge is 0.0900 e. The summed E-state index contributed by atoms with van der Waals surface area (Å²) < 4.78 is 2.50. The third-order valence-corrected chi connectivity index (χ3v) is 4.17. The number of rotatable bonds is 1. The molecule has 1 aliphatic rings. The fraction of sp³-hybridized carbons (Fsp3) is 0.625. The first-order valence-corrected chi connectivity index (χ1v) is 6.43. The Hall–Kier alpha value is 0.0200. The summed E-state index contributed by atoms with van der Waals surface area (Å²) in [4.78, 5) is 6.01. The average molecular weight is 200 g/mol. The summed E-state index contributed by atoms with van der Waals surface area (Å²) in [6.07, 6.45) is 1.15. The molecular formula is C8H13N2PS. The zero-order valence-electron chi connectivity index (χ0n) is 7.42. The quantitative estimate of drug-likeness (QED) is 0.645. The lowest BCUT2D eigenvalue weighted by Gasteiger charge is -2.23. The second-order valence-electron chi connectivity index (χ2n) is 3.00. The van der Waals surface area contributed by atoms with E-state index < -0.39 is 0 Å². The molecule has 0 aliphatic carbocycles. The Morgan fingerprint density at radius 2 is 2.42 bits per heavy atom. The molecule has 0 radical (unpaired) electrons. The van der Waals surface area contributed by atoms with Crippen molar-refractivity contribution in [3.8, 4) is 0 Å². The van der Waals surface area contributed by atoms with Crippen LogP contribution in [0.5, 0.6) is 0 Å². The minimum absolute atomic E-state index is 0.941. The van der Waals surface area contributed by atoms with Gasteiger partial charge in [-0.05, 0) is 13.6 Å². The van der Waals surface area contributed by atoms with Crippen molar-refractivity contribution in [3.63, 3.8) is 0 Å². The van der Waals surface area contributed by atoms with E-state index in [-0.39, 0.29) is 0 Å². The fourth-order valence-corrected chi connectivity index (χ4v) is 3.28. The average Bonchev–Trinajstić information content (AvgIpc) is 2.43. The highest BCUT2D eigenvalue weighted by Crippen LogP contribution is 2.29. The first-order chi connectivity index (χ1) is 5.79. The molecule has 0 amide bonds. The van der Waals surface area contributed by atoms with E-state index in [0.29, 0.717) is 0 Å². The van der Waals surface area contributed by atoms with Crippen LogP contribution in [0, 0.1) is 6.92 Å². The number of thiazole rings is 1. The first kappa shape index (κ1) is 8.61. The van der Waals surface area contributed by atoms with Crippen LogP contribution in [0.2, 0.25) is 0 Å². The van der Waals surface area contributed by atoms with Crippen molar-refractivity contribution in [2.75, 3.05) is 13.2 Å². The molecule has 0 N–H and O–H groups in total. The van der Waals surface area contributed by atoms with Crippen LogP contribution in [-0.4, -0.2) is 22.9 Å². The molecule has 2 nitrogen and oxygen atoms in total. The monoisotopic (exact) mass is 200 g/mol. The SMILES string of the molecule is CPN1CCc2nc(C)sc2C1. The largest absolute Gasteiger partial charge is 0.279 e. The highest BCUT2D eigenvalue weighted by molar-refractivity contribution is 7.34. The van der Waals surface area contributed by atoms with Gasteiger partial charge in [0.15, 0.2) is 0 Å². The van der Waals surface area contributed by atoms with Gasteiger partial charge in [0, 0.05) is 24.4 Å². The number of aromatic nitrogens is 1. The summed E-state index contributed by atoms with van der Waals surface area (Å²) in [7, 11) is 0.941. The van der Waals surface area contributed by atoms with Gasteiger partial charge in [-0.15, -0.1) is 11.3 Å². The lowest BCUT2D eigenvalue weighted by atomic mass is 10.2. The molecule has 2 heterocycles. The maximum atomic E-state index is 4.51. The summed E-state index contributed by atoms with van der Waals surface area (Å²) in [6.45, 7) is 6.68. The van der Waals surface area contributed by atoms with E-state index in [1.165, 1.54) is 22.1 Å². The molecule has 4 heteroatoms. The van der Waals surface area contributed by atoms with Gasteiger partial charge in [-0.1, -0.05) is 8.73 Å². The predicted molar refractivity (Wildman–Crippen MR) is 55.2 cm³/mol. The van der Waals surface area contributed by atoms with Crippen molar-refractivity contribution >= 4 is 20.1 Å². The second-order valence-corrected chi connectivity index (χ2v) is 5.37. The maximum absolute atomic E-state index is 4.51. The maximum Gasteiger partial charge on any atom is 0.0900 e. The van der Waals surface area contributed by atoms with E-state index >= 15 is 0 Å². The molecule has 1 unspecified atom stereocenters. The summed E-state index contributed by atoms with van der Waals surface area (Å²) in [5.41, 5.74) is 1.35. The van der Waals surface area contributed by atoms with Crippen molar-refractivity contribution < 1.29 is 0 Å². The van der Waals surface area contributed by atoms with E-state index in [4.69, 9.17) is 0 Å². The summed E-state index contributed by atoms with van der Waals surface area (Å²) in [6, 6.07) is 0. The minimum Gasteiger partial charge on any atom is -0.279 e. The van der Waals surface area contributed by atoms with Crippen LogP contribution in [0.4, 0.5) is 0 Å². The lowest BCUT2D eigenvalue weighted by Crippen LogP contribution is -2.22. The van der Waals surface area contributed by atoms with Gasteiger partial charge >= 0.3 is 0 Å². The molecule has 0 saturated heterocycles. The molecule has 12 heavy (non-hydrogen) atoms. The number of hydrogen-bond acceptors (Lipinski definition) is 3. The summed E-state index contributed by atoms with van der Waals surface area (Å²) in [5, 5.41) is 1.22. The Bertz CT molecular complexity index is 285. The van der Waals surface area contributed by atoms with Gasteiger partial charge in [-0.2, -0.15) is 0 Å². The zero-order chi connectivity index (χ0) is 8.55. The van der Waals surface area contributed by atoms with Crippen LogP contribution in [-0.2, 0) is 13.0 Å². The van der Waals surface area contributed by atoms with Crippen molar-refractivity contribution in [2.45, 2.75) is 19.9 Å². The predicted octanol–water partition coefficient (Wildman–Crippen LogP) is 2.03. The van der Waals surface area contributed by atoms with E-state index in [9.17, 15) is 0 Å². The Labute approximate surface area is 78.8 Å². The Morgan fingerprint density at radius 1 is 1.58 bits per heavy atom. The van der Waals surface area contributed by atoms with Gasteiger partial charge in [0.25, 0.3) is 0 Å². The van der Waals surface area contributed by atoms with E-state index in [1.54, 1.807) is 0 Å². The van der Waals surface area contributed by atoms with Crippen molar-refractivity contribution in [1.29, 1.82) is 0 Å². The Morgan fingerprint density at radius 3 is 3.17 bits per heavy atom. The standard InChI is InChI=1S/C8H13N2PS/c1-6-9-7-3-4-10(11-2)5-8(7)12-6/h11H,3-5H2,1-2H3. The van der Waals surface area contributed by atoms with Gasteiger partial charge in [0.2, 0.25) is 0 Å². The summed E-state index contributed by atoms with van der Waals surface area (Å²) >= 11 is 1.86. The van der Waals surface area contributed by atoms with Gasteiger partial charge < -0.3 is 0 Å². The molecular weight excluding hydrogens is 187 g/mol. The third-order valence-electron chi connectivity index (χ3n) is 2.15. The molecule has 1 aromatic heterocycles. The van der Waals surface area contributed by atoms with Gasteiger partial charge in [0.1, 0.15) is 0 Å². The first-order valence-electron chi connectivity index (χ1n) is 4.17. The molecule has 1 atom stereocenters. The van der Waals surface area contributed by atoms with Crippen LogP contribution in [0.25, 0.3) is 0 Å². The number of hydrogen-bond donors (Lipinski definition) is 0. The normalized spacial score (nSPS) is 18.8. The van der Waals surface area contributed by atoms with Crippen molar-refractivity contribution in [3.05, 3.63) is 15.6 Å². The van der Waals surface area contributed by atoms with Gasteiger partial charge in [0.05, 0.1) is 10.7 Å². The molecule has 66 valence electrons. The highest BCUT2D eigenvalue weighted by atomic mass is 32.1. The molecule has 1 aliphatic heterocycles. The molecule has 1 aromatic rings. The number of fused-ring (bicyclic) bond motifs is 1. The summed E-state index contributed by atoms with van der Waals surface area (Å²) in [5.74, 6) is 0. The lowest BCUT2D eigenvalue weighted by molar-refractivity contribution is 0.440. The second kappa shape index (κ2) is 3.41. The number of nitrogens with zero attached hydrogens (tertiary/aromatic N) is 2. The minimum atomic E-state index is 0.941.